The summed E-state index contributed by atoms with van der Waals surface area (Å²) in [7, 11) is 0. The van der Waals surface area contributed by atoms with E-state index in [1.807, 2.05) is 24.3 Å². The molecule has 1 heterocycles. The topological polar surface area (TPSA) is 34.4 Å². The van der Waals surface area contributed by atoms with Gasteiger partial charge in [0.1, 0.15) is 0 Å². The number of hydrogen-bond donors (Lipinski definition) is 0. The number of carbonyl (C=O) groups is 1. The van der Waals surface area contributed by atoms with Crippen molar-refractivity contribution >= 4 is 17.2 Å². The van der Waals surface area contributed by atoms with Gasteiger partial charge in [-0.3, -0.25) is 4.79 Å². The van der Waals surface area contributed by atoms with Crippen LogP contribution in [0.15, 0.2) is 48.0 Å². The number of benzene rings is 1. The van der Waals surface area contributed by atoms with Crippen LogP contribution in [0, 0.1) is 6.92 Å². The Morgan fingerprint density at radius 3 is 2.50 bits per heavy atom. The van der Waals surface area contributed by atoms with Crippen LogP contribution in [0.5, 0.6) is 0 Å². The van der Waals surface area contributed by atoms with Crippen molar-refractivity contribution in [3.05, 3.63) is 63.9 Å². The summed E-state index contributed by atoms with van der Waals surface area (Å²) in [5.74, 6) is -0.208. The minimum absolute atomic E-state index is 0.0290. The summed E-state index contributed by atoms with van der Waals surface area (Å²) < 4.78 is 2.05. The highest BCUT2D eigenvalue weighted by atomic mass is 32.1. The molecule has 0 atom stereocenters. The molecule has 22 heavy (non-hydrogen) atoms. The molecule has 0 bridgehead atoms. The van der Waals surface area contributed by atoms with E-state index in [-0.39, 0.29) is 11.3 Å². The molecule has 0 N–H and O–H groups in total. The monoisotopic (exact) mass is 314 g/mol. The summed E-state index contributed by atoms with van der Waals surface area (Å²) in [5.41, 5.74) is 1.79. The van der Waals surface area contributed by atoms with E-state index in [4.69, 9.17) is 0 Å². The number of nitrogens with zero attached hydrogens (tertiary/aromatic N) is 2. The Hall–Kier alpha value is -1.94. The Morgan fingerprint density at radius 2 is 1.95 bits per heavy atom. The molecule has 0 aliphatic carbocycles. The molecule has 4 heteroatoms. The fourth-order valence-electron chi connectivity index (χ4n) is 2.34. The lowest BCUT2D eigenvalue weighted by atomic mass is 9.93. The molecule has 0 fully saturated rings. The van der Waals surface area contributed by atoms with Crippen molar-refractivity contribution in [2.24, 2.45) is 4.99 Å². The minimum Gasteiger partial charge on any atom is -0.317 e. The van der Waals surface area contributed by atoms with Crippen LogP contribution in [0.3, 0.4) is 0 Å². The van der Waals surface area contributed by atoms with Gasteiger partial charge in [-0.15, -0.1) is 17.9 Å². The lowest BCUT2D eigenvalue weighted by Gasteiger charge is -2.17. The molecule has 0 unspecified atom stereocenters. The Morgan fingerprint density at radius 1 is 1.32 bits per heavy atom. The molecular formula is C18H22N2OS. The van der Waals surface area contributed by atoms with E-state index in [9.17, 15) is 4.79 Å². The van der Waals surface area contributed by atoms with E-state index in [1.54, 1.807) is 23.5 Å². The summed E-state index contributed by atoms with van der Waals surface area (Å²) in [6, 6.07) is 9.16. The van der Waals surface area contributed by atoms with Crippen LogP contribution in [0.1, 0.15) is 41.7 Å². The third-order valence-corrected chi connectivity index (χ3v) is 4.97. The van der Waals surface area contributed by atoms with Gasteiger partial charge < -0.3 is 4.57 Å². The zero-order chi connectivity index (χ0) is 16.3. The average molecular weight is 314 g/mol. The van der Waals surface area contributed by atoms with E-state index in [0.29, 0.717) is 12.1 Å². The van der Waals surface area contributed by atoms with Gasteiger partial charge in [-0.05, 0) is 24.5 Å². The maximum Gasteiger partial charge on any atom is 0.279 e. The zero-order valence-electron chi connectivity index (χ0n) is 13.6. The highest BCUT2D eigenvalue weighted by molar-refractivity contribution is 7.09. The Balaban J connectivity index is 2.57. The first-order chi connectivity index (χ1) is 10.3. The number of carbonyl (C=O) groups excluding carboxylic acids is 1. The van der Waals surface area contributed by atoms with Crippen LogP contribution < -0.4 is 4.80 Å². The maximum atomic E-state index is 12.3. The molecule has 116 valence electrons. The van der Waals surface area contributed by atoms with Crippen molar-refractivity contribution < 1.29 is 4.79 Å². The predicted molar refractivity (Wildman–Crippen MR) is 92.3 cm³/mol. The number of aromatic nitrogens is 1. The van der Waals surface area contributed by atoms with Crippen LogP contribution in [0.2, 0.25) is 0 Å². The number of hydrogen-bond acceptors (Lipinski definition) is 2. The number of rotatable bonds is 3. The predicted octanol–water partition coefficient (Wildman–Crippen LogP) is 4.08. The number of thiazole rings is 1. The van der Waals surface area contributed by atoms with Gasteiger partial charge in [-0.25, -0.2) is 0 Å². The molecule has 3 nitrogen and oxygen atoms in total. The van der Waals surface area contributed by atoms with Gasteiger partial charge in [0.2, 0.25) is 0 Å². The standard InChI is InChI=1S/C18H22N2OS/c1-6-12-20-13(2)15(18(3,4)5)22-17(20)19-16(21)14-10-8-7-9-11-14/h6-11H,1,12H2,2-5H3. The van der Waals surface area contributed by atoms with E-state index >= 15 is 0 Å². The fourth-order valence-corrected chi connectivity index (χ4v) is 3.54. The fraction of sp³-hybridized carbons (Fsp3) is 0.333. The smallest absolute Gasteiger partial charge is 0.279 e. The van der Waals surface area contributed by atoms with Crippen molar-refractivity contribution in [1.82, 2.24) is 4.57 Å². The number of allylic oxidation sites excluding steroid dienone is 1. The van der Waals surface area contributed by atoms with Crippen LogP contribution in [0.4, 0.5) is 0 Å². The third kappa shape index (κ3) is 3.45. The highest BCUT2D eigenvalue weighted by Gasteiger charge is 2.21. The van der Waals surface area contributed by atoms with Gasteiger partial charge in [-0.2, -0.15) is 4.99 Å². The van der Waals surface area contributed by atoms with Crippen molar-refractivity contribution in [1.29, 1.82) is 0 Å². The second-order valence-corrected chi connectivity index (χ2v) is 7.21. The molecule has 0 aliphatic heterocycles. The molecule has 0 saturated carbocycles. The molecule has 0 saturated heterocycles. The zero-order valence-corrected chi connectivity index (χ0v) is 14.4. The molecule has 1 amide bonds. The molecule has 0 aliphatic rings. The normalized spacial score (nSPS) is 12.5. The van der Waals surface area contributed by atoms with Crippen LogP contribution in [-0.4, -0.2) is 10.5 Å². The van der Waals surface area contributed by atoms with Crippen molar-refractivity contribution in [2.75, 3.05) is 0 Å². The van der Waals surface area contributed by atoms with E-state index in [2.05, 4.69) is 43.8 Å². The Labute approximate surface area is 135 Å². The summed E-state index contributed by atoms with van der Waals surface area (Å²) in [6.07, 6.45) is 1.83. The third-order valence-electron chi connectivity index (χ3n) is 3.37. The maximum absolute atomic E-state index is 12.3. The first-order valence-electron chi connectivity index (χ1n) is 7.30. The van der Waals surface area contributed by atoms with E-state index in [0.717, 1.165) is 10.5 Å². The largest absolute Gasteiger partial charge is 0.317 e. The SMILES string of the molecule is C=CCn1c(C)c(C(C)(C)C)sc1=NC(=O)c1ccccc1. The lowest BCUT2D eigenvalue weighted by Crippen LogP contribution is -2.18. The minimum atomic E-state index is -0.208. The quantitative estimate of drug-likeness (QED) is 0.786. The summed E-state index contributed by atoms with van der Waals surface area (Å²) in [4.78, 5) is 18.7. The van der Waals surface area contributed by atoms with Gasteiger partial charge in [0.15, 0.2) is 4.80 Å². The molecule has 1 aromatic heterocycles. The van der Waals surface area contributed by atoms with E-state index in [1.165, 1.54) is 4.88 Å². The summed E-state index contributed by atoms with van der Waals surface area (Å²) in [5, 5.41) is 0. The van der Waals surface area contributed by atoms with Gasteiger partial charge in [0.05, 0.1) is 0 Å². The Bertz CT molecular complexity index is 746. The van der Waals surface area contributed by atoms with Crippen LogP contribution >= 0.6 is 11.3 Å². The second-order valence-electron chi connectivity index (χ2n) is 6.23. The number of amides is 1. The summed E-state index contributed by atoms with van der Waals surface area (Å²) in [6.45, 7) is 13.1. The van der Waals surface area contributed by atoms with Gasteiger partial charge in [-0.1, -0.05) is 45.0 Å². The molecule has 0 radical (unpaired) electrons. The van der Waals surface area contributed by atoms with Crippen LogP contribution in [0.25, 0.3) is 0 Å². The molecule has 0 spiro atoms. The molecule has 2 rings (SSSR count). The van der Waals surface area contributed by atoms with Gasteiger partial charge in [0, 0.05) is 22.7 Å². The first kappa shape index (κ1) is 16.4. The Kier molecular flexibility index (Phi) is 4.81. The lowest BCUT2D eigenvalue weighted by molar-refractivity contribution is 0.0998. The van der Waals surface area contributed by atoms with Gasteiger partial charge in [0.25, 0.3) is 5.91 Å². The first-order valence-corrected chi connectivity index (χ1v) is 8.12. The molecule has 1 aromatic carbocycles. The summed E-state index contributed by atoms with van der Waals surface area (Å²) >= 11 is 1.58. The van der Waals surface area contributed by atoms with Crippen molar-refractivity contribution in [3.8, 4) is 0 Å². The molecular weight excluding hydrogens is 292 g/mol. The average Bonchev–Trinajstić information content (AvgIpc) is 2.78. The van der Waals surface area contributed by atoms with Crippen molar-refractivity contribution in [2.45, 2.75) is 39.7 Å². The second kappa shape index (κ2) is 6.44. The highest BCUT2D eigenvalue weighted by Crippen LogP contribution is 2.28. The molecule has 2 aromatic rings. The van der Waals surface area contributed by atoms with E-state index < -0.39 is 0 Å². The van der Waals surface area contributed by atoms with Crippen LogP contribution in [-0.2, 0) is 12.0 Å². The van der Waals surface area contributed by atoms with Crippen molar-refractivity contribution in [3.63, 3.8) is 0 Å². The van der Waals surface area contributed by atoms with Gasteiger partial charge >= 0.3 is 0 Å².